The molecular formula is C15H23N5O3. The molecule has 2 N–H and O–H groups in total. The fraction of sp³-hybridized carbons (Fsp3) is 0.667. The Kier molecular flexibility index (Phi) is 4.92. The molecule has 1 fully saturated rings. The number of ether oxygens (including phenoxy) is 1. The Labute approximate surface area is 135 Å². The van der Waals surface area contributed by atoms with Gasteiger partial charge in [0.15, 0.2) is 5.69 Å². The minimum absolute atomic E-state index is 0.0231. The van der Waals surface area contributed by atoms with Gasteiger partial charge in [-0.15, -0.1) is 0 Å². The van der Waals surface area contributed by atoms with Crippen LogP contribution in [0.1, 0.15) is 28.2 Å². The fourth-order valence-electron chi connectivity index (χ4n) is 3.15. The molecule has 2 amide bonds. The number of fused-ring (bicyclic) bond motifs is 1. The van der Waals surface area contributed by atoms with Gasteiger partial charge in [-0.1, -0.05) is 0 Å². The Morgan fingerprint density at radius 1 is 1.22 bits per heavy atom. The van der Waals surface area contributed by atoms with E-state index in [2.05, 4.69) is 15.5 Å². The Morgan fingerprint density at radius 3 is 2.83 bits per heavy atom. The Bertz CT molecular complexity index is 586. The van der Waals surface area contributed by atoms with Crippen LogP contribution in [-0.4, -0.2) is 78.3 Å². The SMILES string of the molecule is COCC(=O)N1CCCN(C(=O)c2n[nH]c3c2CCNC3)CC1. The van der Waals surface area contributed by atoms with Crippen molar-refractivity contribution in [1.82, 2.24) is 25.3 Å². The van der Waals surface area contributed by atoms with Gasteiger partial charge in [0.05, 0.1) is 5.69 Å². The van der Waals surface area contributed by atoms with E-state index in [0.29, 0.717) is 31.9 Å². The zero-order valence-electron chi connectivity index (χ0n) is 13.4. The number of carbonyl (C=O) groups excluding carboxylic acids is 2. The van der Waals surface area contributed by atoms with E-state index in [1.807, 2.05) is 0 Å². The lowest BCUT2D eigenvalue weighted by molar-refractivity contribution is -0.135. The molecule has 0 atom stereocenters. The number of nitrogens with one attached hydrogen (secondary N) is 2. The van der Waals surface area contributed by atoms with Crippen molar-refractivity contribution in [3.05, 3.63) is 17.0 Å². The zero-order valence-corrected chi connectivity index (χ0v) is 13.4. The molecule has 8 nitrogen and oxygen atoms in total. The molecule has 0 unspecified atom stereocenters. The molecule has 0 radical (unpaired) electrons. The Morgan fingerprint density at radius 2 is 2.00 bits per heavy atom. The number of H-pyrrole nitrogens is 1. The predicted octanol–water partition coefficient (Wildman–Crippen LogP) is -0.624. The van der Waals surface area contributed by atoms with E-state index in [-0.39, 0.29) is 18.4 Å². The molecular weight excluding hydrogens is 298 g/mol. The number of hydrogen-bond acceptors (Lipinski definition) is 5. The predicted molar refractivity (Wildman–Crippen MR) is 83.0 cm³/mol. The van der Waals surface area contributed by atoms with Gasteiger partial charge in [0.25, 0.3) is 5.91 Å². The van der Waals surface area contributed by atoms with Gasteiger partial charge in [-0.25, -0.2) is 0 Å². The molecule has 126 valence electrons. The second-order valence-corrected chi connectivity index (χ2v) is 5.92. The normalized spacial score (nSPS) is 18.5. The maximum Gasteiger partial charge on any atom is 0.274 e. The van der Waals surface area contributed by atoms with Crippen LogP contribution in [0.15, 0.2) is 0 Å². The van der Waals surface area contributed by atoms with E-state index < -0.39 is 0 Å². The molecule has 2 aliphatic heterocycles. The summed E-state index contributed by atoms with van der Waals surface area (Å²) in [4.78, 5) is 28.3. The molecule has 0 aliphatic carbocycles. The molecule has 3 rings (SSSR count). The second-order valence-electron chi connectivity index (χ2n) is 5.92. The van der Waals surface area contributed by atoms with Crippen molar-refractivity contribution in [3.63, 3.8) is 0 Å². The minimum atomic E-state index is -0.0366. The number of amides is 2. The summed E-state index contributed by atoms with van der Waals surface area (Å²) in [6.07, 6.45) is 1.59. The van der Waals surface area contributed by atoms with E-state index in [0.717, 1.165) is 37.2 Å². The van der Waals surface area contributed by atoms with Crippen LogP contribution in [0, 0.1) is 0 Å². The highest BCUT2D eigenvalue weighted by molar-refractivity contribution is 5.94. The van der Waals surface area contributed by atoms with Crippen molar-refractivity contribution >= 4 is 11.8 Å². The van der Waals surface area contributed by atoms with Crippen LogP contribution in [0.5, 0.6) is 0 Å². The van der Waals surface area contributed by atoms with Crippen molar-refractivity contribution in [2.45, 2.75) is 19.4 Å². The molecule has 1 aromatic heterocycles. The highest BCUT2D eigenvalue weighted by Gasteiger charge is 2.27. The van der Waals surface area contributed by atoms with Crippen molar-refractivity contribution in [2.24, 2.45) is 0 Å². The molecule has 0 aromatic carbocycles. The largest absolute Gasteiger partial charge is 0.375 e. The number of aromatic nitrogens is 2. The highest BCUT2D eigenvalue weighted by atomic mass is 16.5. The van der Waals surface area contributed by atoms with Gasteiger partial charge < -0.3 is 19.9 Å². The number of rotatable bonds is 3. The van der Waals surface area contributed by atoms with Gasteiger partial charge in [-0.3, -0.25) is 14.7 Å². The van der Waals surface area contributed by atoms with Crippen molar-refractivity contribution in [1.29, 1.82) is 0 Å². The van der Waals surface area contributed by atoms with E-state index in [9.17, 15) is 9.59 Å². The van der Waals surface area contributed by atoms with Crippen LogP contribution in [0.2, 0.25) is 0 Å². The number of methoxy groups -OCH3 is 1. The Hall–Kier alpha value is -1.93. The summed E-state index contributed by atoms with van der Waals surface area (Å²) in [5.41, 5.74) is 2.58. The average molecular weight is 321 g/mol. The monoisotopic (exact) mass is 321 g/mol. The third-order valence-corrected chi connectivity index (χ3v) is 4.41. The molecule has 3 heterocycles. The van der Waals surface area contributed by atoms with E-state index in [1.165, 1.54) is 7.11 Å². The number of hydrogen-bond donors (Lipinski definition) is 2. The summed E-state index contributed by atoms with van der Waals surface area (Å²) in [6.45, 7) is 4.08. The zero-order chi connectivity index (χ0) is 16.2. The first-order valence-electron chi connectivity index (χ1n) is 8.03. The lowest BCUT2D eigenvalue weighted by atomic mass is 10.1. The standard InChI is InChI=1S/C15H23N5O3/c1-23-10-13(21)19-5-2-6-20(8-7-19)15(22)14-11-3-4-16-9-12(11)17-18-14/h16H,2-10H2,1H3,(H,17,18). The van der Waals surface area contributed by atoms with Crippen LogP contribution in [0.3, 0.4) is 0 Å². The van der Waals surface area contributed by atoms with Gasteiger partial charge in [-0.2, -0.15) is 5.10 Å². The lowest BCUT2D eigenvalue weighted by Crippen LogP contribution is -2.39. The quantitative estimate of drug-likeness (QED) is 0.774. The van der Waals surface area contributed by atoms with Gasteiger partial charge in [0, 0.05) is 45.4 Å². The second kappa shape index (κ2) is 7.10. The minimum Gasteiger partial charge on any atom is -0.375 e. The number of aromatic amines is 1. The molecule has 0 spiro atoms. The van der Waals surface area contributed by atoms with E-state index in [4.69, 9.17) is 4.74 Å². The van der Waals surface area contributed by atoms with Crippen LogP contribution >= 0.6 is 0 Å². The lowest BCUT2D eigenvalue weighted by Gasteiger charge is -2.22. The van der Waals surface area contributed by atoms with E-state index in [1.54, 1.807) is 9.80 Å². The molecule has 0 bridgehead atoms. The summed E-state index contributed by atoms with van der Waals surface area (Å²) in [5.74, 6) is -0.0598. The molecule has 0 saturated carbocycles. The maximum atomic E-state index is 12.8. The van der Waals surface area contributed by atoms with Crippen LogP contribution in [-0.2, 0) is 22.5 Å². The van der Waals surface area contributed by atoms with Gasteiger partial charge in [0.2, 0.25) is 5.91 Å². The smallest absolute Gasteiger partial charge is 0.274 e. The molecule has 1 aromatic rings. The topological polar surface area (TPSA) is 90.6 Å². The van der Waals surface area contributed by atoms with E-state index >= 15 is 0 Å². The molecule has 1 saturated heterocycles. The number of nitrogens with zero attached hydrogens (tertiary/aromatic N) is 3. The Balaban J connectivity index is 1.66. The molecule has 2 aliphatic rings. The van der Waals surface area contributed by atoms with Crippen LogP contribution in [0.25, 0.3) is 0 Å². The first-order chi connectivity index (χ1) is 11.2. The summed E-state index contributed by atoms with van der Waals surface area (Å²) in [6, 6.07) is 0. The van der Waals surface area contributed by atoms with Crippen molar-refractivity contribution < 1.29 is 14.3 Å². The first kappa shape index (κ1) is 15.9. The first-order valence-corrected chi connectivity index (χ1v) is 8.03. The third-order valence-electron chi connectivity index (χ3n) is 4.41. The molecule has 23 heavy (non-hydrogen) atoms. The maximum absolute atomic E-state index is 12.8. The number of carbonyl (C=O) groups is 2. The third kappa shape index (κ3) is 3.37. The van der Waals surface area contributed by atoms with Crippen LogP contribution in [0.4, 0.5) is 0 Å². The summed E-state index contributed by atoms with van der Waals surface area (Å²) in [7, 11) is 1.52. The average Bonchev–Trinajstić information content (AvgIpc) is 2.83. The molecule has 8 heteroatoms. The van der Waals surface area contributed by atoms with Crippen molar-refractivity contribution in [2.75, 3.05) is 46.4 Å². The summed E-state index contributed by atoms with van der Waals surface area (Å²) < 4.78 is 4.90. The fourth-order valence-corrected chi connectivity index (χ4v) is 3.15. The van der Waals surface area contributed by atoms with Gasteiger partial charge in [0.1, 0.15) is 6.61 Å². The summed E-state index contributed by atoms with van der Waals surface area (Å²) in [5, 5.41) is 10.5. The van der Waals surface area contributed by atoms with Crippen molar-refractivity contribution in [3.8, 4) is 0 Å². The summed E-state index contributed by atoms with van der Waals surface area (Å²) >= 11 is 0. The van der Waals surface area contributed by atoms with Gasteiger partial charge in [-0.05, 0) is 19.4 Å². The van der Waals surface area contributed by atoms with Crippen LogP contribution < -0.4 is 5.32 Å². The van der Waals surface area contributed by atoms with Gasteiger partial charge >= 0.3 is 0 Å². The highest BCUT2D eigenvalue weighted by Crippen LogP contribution is 2.18.